The van der Waals surface area contributed by atoms with Crippen LogP contribution in [0.1, 0.15) is 0 Å². The van der Waals surface area contributed by atoms with Gasteiger partial charge in [0.05, 0.1) is 0 Å². The van der Waals surface area contributed by atoms with E-state index in [1.165, 1.54) is 25.8 Å². The monoisotopic (exact) mass is 363 g/mol. The smallest absolute Gasteiger partial charge is 0.268 e. The minimum absolute atomic E-state index is 0. The number of aromatic nitrogens is 1. The molecule has 0 aliphatic carbocycles. The maximum atomic E-state index is 2.26. The molecule has 88 valence electrons. The van der Waals surface area contributed by atoms with Crippen molar-refractivity contribution < 1.29 is 28.4 Å². The third-order valence-corrected chi connectivity index (χ3v) is 4.32. The van der Waals surface area contributed by atoms with Crippen LogP contribution >= 0.6 is 11.3 Å². The first-order valence-corrected chi connectivity index (χ1v) is 6.46. The Kier molecular flexibility index (Phi) is 2.95. The molecule has 4 rings (SSSR count). The predicted molar refractivity (Wildman–Crippen MR) is 72.5 cm³/mol. The van der Waals surface area contributed by atoms with Gasteiger partial charge >= 0.3 is 0 Å². The lowest BCUT2D eigenvalue weighted by Gasteiger charge is -1.94. The number of hydrogen-bond acceptors (Lipinski definition) is 1. The van der Waals surface area contributed by atoms with Crippen molar-refractivity contribution in [2.24, 2.45) is 0 Å². The highest BCUT2D eigenvalue weighted by Gasteiger charge is 2.14. The number of benzene rings is 2. The van der Waals surface area contributed by atoms with Gasteiger partial charge in [-0.1, -0.05) is 35.6 Å². The molecule has 18 heavy (non-hydrogen) atoms. The quantitative estimate of drug-likeness (QED) is 0.322. The molecule has 0 unspecified atom stereocenters. The van der Waals surface area contributed by atoms with Crippen LogP contribution in [0.3, 0.4) is 0 Å². The zero-order valence-electron chi connectivity index (χ0n) is 9.51. The highest BCUT2D eigenvalue weighted by molar-refractivity contribution is 7.24. The molecular formula is C15H10INS. The lowest BCUT2D eigenvalue weighted by Crippen LogP contribution is -3.00. The summed E-state index contributed by atoms with van der Waals surface area (Å²) < 4.78 is 3.63. The molecule has 0 amide bonds. The van der Waals surface area contributed by atoms with Crippen molar-refractivity contribution >= 4 is 37.2 Å². The van der Waals surface area contributed by atoms with Gasteiger partial charge in [-0.2, -0.15) is 4.40 Å². The molecule has 0 saturated heterocycles. The van der Waals surface area contributed by atoms with Crippen LogP contribution in [0.4, 0.5) is 0 Å². The van der Waals surface area contributed by atoms with Gasteiger partial charge in [0.2, 0.25) is 5.52 Å². The van der Waals surface area contributed by atoms with Gasteiger partial charge < -0.3 is 24.0 Å². The van der Waals surface area contributed by atoms with Crippen LogP contribution in [0.25, 0.3) is 25.8 Å². The average molecular weight is 363 g/mol. The van der Waals surface area contributed by atoms with Gasteiger partial charge in [-0.15, -0.1) is 0 Å². The van der Waals surface area contributed by atoms with Crippen molar-refractivity contribution in [2.45, 2.75) is 0 Å². The fourth-order valence-electron chi connectivity index (χ4n) is 2.34. The molecule has 2 heterocycles. The summed E-state index contributed by atoms with van der Waals surface area (Å²) in [4.78, 5) is 1.29. The van der Waals surface area contributed by atoms with E-state index in [0.717, 1.165) is 0 Å². The Balaban J connectivity index is 0.000001000. The molecule has 2 aromatic heterocycles. The Labute approximate surface area is 126 Å². The molecule has 0 atom stereocenters. The number of halogens is 1. The van der Waals surface area contributed by atoms with Crippen molar-refractivity contribution in [3.8, 4) is 0 Å². The van der Waals surface area contributed by atoms with Crippen LogP contribution in [0.2, 0.25) is 0 Å². The van der Waals surface area contributed by atoms with Crippen LogP contribution in [0, 0.1) is 0 Å². The Bertz CT molecular complexity index is 851. The number of pyridine rings is 1. The molecule has 0 radical (unpaired) electrons. The highest BCUT2D eigenvalue weighted by atomic mass is 127. The van der Waals surface area contributed by atoms with E-state index in [1.807, 2.05) is 11.3 Å². The maximum absolute atomic E-state index is 2.26. The number of thiazole rings is 1. The van der Waals surface area contributed by atoms with Gasteiger partial charge in [-0.3, -0.25) is 0 Å². The molecule has 0 aliphatic rings. The standard InChI is InChI=1S/C15H10NS.HI/c1-2-6-12-11(5-1)8-9-13-15(12)17-14-7-3-4-10-16(13)14;/h1-10H;1H/q+1;/p-1. The van der Waals surface area contributed by atoms with Gasteiger partial charge in [0, 0.05) is 23.6 Å². The number of hydrogen-bond donors (Lipinski definition) is 0. The molecule has 4 aromatic rings. The second-order valence-electron chi connectivity index (χ2n) is 4.15. The zero-order valence-corrected chi connectivity index (χ0v) is 12.5. The number of fused-ring (bicyclic) bond motifs is 5. The normalized spacial score (nSPS) is 10.9. The first kappa shape index (κ1) is 11.9. The Hall–Kier alpha value is -1.20. The third kappa shape index (κ3) is 1.61. The number of rotatable bonds is 0. The van der Waals surface area contributed by atoms with Gasteiger partial charge in [0.15, 0.2) is 6.20 Å². The van der Waals surface area contributed by atoms with Crippen LogP contribution in [0.15, 0.2) is 60.8 Å². The van der Waals surface area contributed by atoms with E-state index in [-0.39, 0.29) is 24.0 Å². The topological polar surface area (TPSA) is 4.10 Å². The molecule has 1 nitrogen and oxygen atoms in total. The zero-order chi connectivity index (χ0) is 11.2. The third-order valence-electron chi connectivity index (χ3n) is 3.15. The largest absolute Gasteiger partial charge is 1.00 e. The summed E-state index contributed by atoms with van der Waals surface area (Å²) in [5.41, 5.74) is 1.30. The van der Waals surface area contributed by atoms with E-state index in [4.69, 9.17) is 0 Å². The fourth-order valence-corrected chi connectivity index (χ4v) is 3.52. The van der Waals surface area contributed by atoms with E-state index >= 15 is 0 Å². The Morgan fingerprint density at radius 3 is 2.61 bits per heavy atom. The molecule has 0 N–H and O–H groups in total. The fraction of sp³-hybridized carbons (Fsp3) is 0. The summed E-state index contributed by atoms with van der Waals surface area (Å²) in [5.74, 6) is 0. The van der Waals surface area contributed by atoms with E-state index in [9.17, 15) is 0 Å². The van der Waals surface area contributed by atoms with Crippen molar-refractivity contribution in [3.05, 3.63) is 60.8 Å². The van der Waals surface area contributed by atoms with E-state index < -0.39 is 0 Å². The summed E-state index contributed by atoms with van der Waals surface area (Å²) in [7, 11) is 0. The average Bonchev–Trinajstić information content (AvgIpc) is 2.78. The molecule has 0 spiro atoms. The molecule has 0 bridgehead atoms. The van der Waals surface area contributed by atoms with Crippen molar-refractivity contribution in [1.82, 2.24) is 0 Å². The van der Waals surface area contributed by atoms with E-state index in [2.05, 4.69) is 65.2 Å². The van der Waals surface area contributed by atoms with Crippen molar-refractivity contribution in [1.29, 1.82) is 0 Å². The molecule has 0 fully saturated rings. The minimum Gasteiger partial charge on any atom is -1.00 e. The molecule has 3 heteroatoms. The second-order valence-corrected chi connectivity index (χ2v) is 5.18. The first-order chi connectivity index (χ1) is 8.43. The summed E-state index contributed by atoms with van der Waals surface area (Å²) in [5, 5.41) is 2.66. The van der Waals surface area contributed by atoms with Gasteiger partial charge in [-0.25, -0.2) is 0 Å². The Morgan fingerprint density at radius 1 is 0.833 bits per heavy atom. The summed E-state index contributed by atoms with van der Waals surface area (Å²) in [6, 6.07) is 19.3. The Morgan fingerprint density at radius 2 is 1.67 bits per heavy atom. The summed E-state index contributed by atoms with van der Waals surface area (Å²) >= 11 is 1.85. The van der Waals surface area contributed by atoms with E-state index in [1.54, 1.807) is 0 Å². The van der Waals surface area contributed by atoms with Crippen LogP contribution < -0.4 is 28.4 Å². The molecule has 0 saturated carbocycles. The van der Waals surface area contributed by atoms with Crippen molar-refractivity contribution in [3.63, 3.8) is 0 Å². The lowest BCUT2D eigenvalue weighted by atomic mass is 10.1. The predicted octanol–water partition coefficient (Wildman–Crippen LogP) is 0.797. The molecule has 0 aliphatic heterocycles. The SMILES string of the molecule is [I-].c1ccc2c(c1)ccc1c2sc2cccc[n+]21. The van der Waals surface area contributed by atoms with Gasteiger partial charge in [0.1, 0.15) is 4.70 Å². The highest BCUT2D eigenvalue weighted by Crippen LogP contribution is 2.29. The first-order valence-electron chi connectivity index (χ1n) is 5.64. The van der Waals surface area contributed by atoms with E-state index in [0.29, 0.717) is 0 Å². The lowest BCUT2D eigenvalue weighted by molar-refractivity contribution is -0.477. The molecule has 2 aromatic carbocycles. The van der Waals surface area contributed by atoms with Gasteiger partial charge in [-0.05, 0) is 17.5 Å². The van der Waals surface area contributed by atoms with Crippen LogP contribution in [-0.2, 0) is 0 Å². The summed E-state index contributed by atoms with van der Waals surface area (Å²) in [6.07, 6.45) is 2.13. The molecular weight excluding hydrogens is 353 g/mol. The second kappa shape index (κ2) is 4.48. The maximum Gasteiger partial charge on any atom is 0.268 e. The van der Waals surface area contributed by atoms with Crippen LogP contribution in [-0.4, -0.2) is 0 Å². The number of nitrogens with zero attached hydrogens (tertiary/aromatic N) is 1. The van der Waals surface area contributed by atoms with Gasteiger partial charge in [0.25, 0.3) is 4.83 Å². The van der Waals surface area contributed by atoms with Crippen LogP contribution in [0.5, 0.6) is 0 Å². The summed E-state index contributed by atoms with van der Waals surface area (Å²) in [6.45, 7) is 0. The van der Waals surface area contributed by atoms with Crippen molar-refractivity contribution in [2.75, 3.05) is 0 Å². The minimum atomic E-state index is 0.